The lowest BCUT2D eigenvalue weighted by atomic mass is 10.1. The number of aryl methyl sites for hydroxylation is 1. The van der Waals surface area contributed by atoms with Crippen LogP contribution in [-0.2, 0) is 11.3 Å². The molecule has 1 unspecified atom stereocenters. The molecule has 3 heterocycles. The maximum absolute atomic E-state index is 13.0. The van der Waals surface area contributed by atoms with Gasteiger partial charge in [0, 0.05) is 36.8 Å². The van der Waals surface area contributed by atoms with Crippen molar-refractivity contribution in [3.05, 3.63) is 51.6 Å². The third-order valence-corrected chi connectivity index (χ3v) is 7.37. The molecule has 6 nitrogen and oxygen atoms in total. The largest absolute Gasteiger partial charge is 0.324 e. The Morgan fingerprint density at radius 3 is 2.83 bits per heavy atom. The number of benzene rings is 1. The summed E-state index contributed by atoms with van der Waals surface area (Å²) in [5, 5.41) is 12.2. The molecule has 1 atom stereocenters. The predicted octanol–water partition coefficient (Wildman–Crippen LogP) is 4.73. The topological polar surface area (TPSA) is 66.0 Å². The van der Waals surface area contributed by atoms with Crippen LogP contribution in [0, 0.1) is 11.7 Å². The van der Waals surface area contributed by atoms with Crippen molar-refractivity contribution in [3.63, 3.8) is 0 Å². The van der Waals surface area contributed by atoms with Crippen LogP contribution in [0.2, 0.25) is 0 Å². The Hall–Kier alpha value is -1.94. The fraction of sp³-hybridized carbons (Fsp3) is 0.381. The first kappa shape index (κ1) is 21.3. The fourth-order valence-electron chi connectivity index (χ4n) is 3.58. The van der Waals surface area contributed by atoms with Crippen LogP contribution < -0.4 is 5.32 Å². The summed E-state index contributed by atoms with van der Waals surface area (Å²) >= 11 is 8.98. The van der Waals surface area contributed by atoms with Crippen LogP contribution in [0.4, 0.5) is 5.69 Å². The highest BCUT2D eigenvalue weighted by molar-refractivity contribution is 7.99. The molecule has 3 aromatic rings. The van der Waals surface area contributed by atoms with Crippen LogP contribution in [-0.4, -0.2) is 50.2 Å². The normalized spacial score (nSPS) is 15.8. The number of aromatic amines is 1. The number of rotatable bonds is 6. The Balaban J connectivity index is 1.47. The van der Waals surface area contributed by atoms with E-state index in [1.54, 1.807) is 15.9 Å². The van der Waals surface area contributed by atoms with Crippen LogP contribution >= 0.6 is 35.3 Å². The number of nitrogens with one attached hydrogen (secondary N) is 2. The third kappa shape index (κ3) is 4.69. The van der Waals surface area contributed by atoms with Gasteiger partial charge in [0.1, 0.15) is 6.04 Å². The summed E-state index contributed by atoms with van der Waals surface area (Å²) in [4.78, 5) is 16.5. The number of amides is 1. The minimum Gasteiger partial charge on any atom is -0.324 e. The van der Waals surface area contributed by atoms with Crippen molar-refractivity contribution in [1.29, 1.82) is 0 Å². The minimum absolute atomic E-state index is 0.116. The monoisotopic (exact) mass is 459 g/mol. The smallest absolute Gasteiger partial charge is 0.247 e. The van der Waals surface area contributed by atoms with Crippen molar-refractivity contribution in [2.75, 3.05) is 29.9 Å². The highest BCUT2D eigenvalue weighted by atomic mass is 32.2. The number of aromatic nitrogens is 3. The van der Waals surface area contributed by atoms with Gasteiger partial charge in [-0.3, -0.25) is 19.4 Å². The van der Waals surface area contributed by atoms with E-state index in [9.17, 15) is 4.79 Å². The lowest BCUT2D eigenvalue weighted by molar-refractivity contribution is -0.118. The Labute approximate surface area is 189 Å². The number of carbonyl (C=O) groups is 1. The second kappa shape index (κ2) is 9.47. The van der Waals surface area contributed by atoms with Gasteiger partial charge >= 0.3 is 0 Å². The van der Waals surface area contributed by atoms with Crippen molar-refractivity contribution in [2.45, 2.75) is 26.4 Å². The van der Waals surface area contributed by atoms with Crippen molar-refractivity contribution >= 4 is 46.9 Å². The zero-order valence-corrected chi connectivity index (χ0v) is 19.5. The van der Waals surface area contributed by atoms with Crippen LogP contribution in [0.5, 0.6) is 0 Å². The number of H-pyrrole nitrogens is 1. The third-order valence-electron chi connectivity index (χ3n) is 5.27. The van der Waals surface area contributed by atoms with Gasteiger partial charge in [-0.2, -0.15) is 16.9 Å². The lowest BCUT2D eigenvalue weighted by Crippen LogP contribution is -2.32. The molecule has 1 aromatic carbocycles. The van der Waals surface area contributed by atoms with E-state index < -0.39 is 6.04 Å². The fourth-order valence-corrected chi connectivity index (χ4v) is 5.56. The molecule has 158 valence electrons. The van der Waals surface area contributed by atoms with E-state index in [1.807, 2.05) is 49.2 Å². The lowest BCUT2D eigenvalue weighted by Gasteiger charge is -2.26. The average molecular weight is 460 g/mol. The van der Waals surface area contributed by atoms with Crippen molar-refractivity contribution in [1.82, 2.24) is 19.7 Å². The molecule has 1 aliphatic rings. The van der Waals surface area contributed by atoms with Gasteiger partial charge in [-0.15, -0.1) is 11.3 Å². The summed E-state index contributed by atoms with van der Waals surface area (Å²) < 4.78 is 2.21. The summed E-state index contributed by atoms with van der Waals surface area (Å²) in [6.07, 6.45) is 0. The molecule has 2 N–H and O–H groups in total. The molecule has 9 heteroatoms. The predicted molar refractivity (Wildman–Crippen MR) is 128 cm³/mol. The molecule has 0 aliphatic carbocycles. The molecular weight excluding hydrogens is 434 g/mol. The number of anilines is 1. The molecule has 4 rings (SSSR count). The highest BCUT2D eigenvalue weighted by Crippen LogP contribution is 2.27. The van der Waals surface area contributed by atoms with E-state index in [0.29, 0.717) is 10.6 Å². The van der Waals surface area contributed by atoms with Crippen LogP contribution in [0.3, 0.4) is 0 Å². The Kier molecular flexibility index (Phi) is 6.72. The molecule has 0 bridgehead atoms. The Bertz CT molecular complexity index is 1070. The standard InChI is InChI=1S/C21H25N5OS3/c1-14-12-16(13-25-7-10-29-11-8-25)5-6-17(14)22-20(27)15(2)26-19(23-24-21(26)28)18-4-3-9-30-18/h3-6,9,12,15H,7-8,10-11,13H2,1-2H3,(H,22,27)(H,24,28). The molecule has 0 spiro atoms. The van der Waals surface area contributed by atoms with Gasteiger partial charge in [0.25, 0.3) is 0 Å². The molecule has 2 aromatic heterocycles. The van der Waals surface area contributed by atoms with Crippen molar-refractivity contribution < 1.29 is 4.79 Å². The van der Waals surface area contributed by atoms with Gasteiger partial charge in [-0.25, -0.2) is 0 Å². The van der Waals surface area contributed by atoms with E-state index >= 15 is 0 Å². The minimum atomic E-state index is -0.488. The van der Waals surface area contributed by atoms with Gasteiger partial charge < -0.3 is 5.32 Å². The first-order valence-electron chi connectivity index (χ1n) is 9.94. The summed E-state index contributed by atoms with van der Waals surface area (Å²) in [5.74, 6) is 2.97. The first-order valence-corrected chi connectivity index (χ1v) is 12.4. The Morgan fingerprint density at radius 1 is 1.33 bits per heavy atom. The SMILES string of the molecule is Cc1cc(CN2CCSCC2)ccc1NC(=O)C(C)n1c(-c2cccs2)n[nH]c1=S. The zero-order valence-electron chi connectivity index (χ0n) is 17.1. The van der Waals surface area contributed by atoms with E-state index in [0.717, 1.165) is 35.8 Å². The number of nitrogens with zero attached hydrogens (tertiary/aromatic N) is 3. The number of thiophene rings is 1. The molecule has 30 heavy (non-hydrogen) atoms. The van der Waals surface area contributed by atoms with E-state index in [4.69, 9.17) is 12.2 Å². The van der Waals surface area contributed by atoms with E-state index in [-0.39, 0.29) is 5.91 Å². The van der Waals surface area contributed by atoms with Gasteiger partial charge in [-0.05, 0) is 54.7 Å². The molecule has 0 radical (unpaired) electrons. The van der Waals surface area contributed by atoms with Crippen LogP contribution in [0.25, 0.3) is 10.7 Å². The van der Waals surface area contributed by atoms with Gasteiger partial charge in [0.15, 0.2) is 10.6 Å². The highest BCUT2D eigenvalue weighted by Gasteiger charge is 2.22. The first-order chi connectivity index (χ1) is 14.5. The molecule has 1 amide bonds. The molecule has 0 saturated carbocycles. The summed E-state index contributed by atoms with van der Waals surface area (Å²) in [6.45, 7) is 7.11. The average Bonchev–Trinajstić information content (AvgIpc) is 3.40. The second-order valence-corrected chi connectivity index (χ2v) is 9.96. The molecule has 1 saturated heterocycles. The van der Waals surface area contributed by atoms with Crippen LogP contribution in [0.15, 0.2) is 35.7 Å². The van der Waals surface area contributed by atoms with E-state index in [2.05, 4.69) is 32.5 Å². The Morgan fingerprint density at radius 2 is 2.13 bits per heavy atom. The van der Waals surface area contributed by atoms with Crippen molar-refractivity contribution in [2.24, 2.45) is 0 Å². The summed E-state index contributed by atoms with van der Waals surface area (Å²) in [5.41, 5.74) is 3.17. The number of hydrogen-bond donors (Lipinski definition) is 2. The number of hydrogen-bond acceptors (Lipinski definition) is 6. The van der Waals surface area contributed by atoms with E-state index in [1.165, 1.54) is 17.1 Å². The maximum Gasteiger partial charge on any atom is 0.247 e. The number of thioether (sulfide) groups is 1. The van der Waals surface area contributed by atoms with Crippen molar-refractivity contribution in [3.8, 4) is 10.7 Å². The molecule has 1 aliphatic heterocycles. The van der Waals surface area contributed by atoms with Gasteiger partial charge in [-0.1, -0.05) is 18.2 Å². The number of carbonyl (C=O) groups excluding carboxylic acids is 1. The maximum atomic E-state index is 13.0. The summed E-state index contributed by atoms with van der Waals surface area (Å²) in [6, 6.07) is 9.72. The molecular formula is C21H25N5OS3. The zero-order chi connectivity index (χ0) is 21.1. The summed E-state index contributed by atoms with van der Waals surface area (Å²) in [7, 11) is 0. The van der Waals surface area contributed by atoms with Gasteiger partial charge in [0.05, 0.1) is 4.88 Å². The van der Waals surface area contributed by atoms with Crippen LogP contribution in [0.1, 0.15) is 24.1 Å². The second-order valence-electron chi connectivity index (χ2n) is 7.40. The van der Waals surface area contributed by atoms with Gasteiger partial charge in [0.2, 0.25) is 5.91 Å². The molecule has 1 fully saturated rings. The quantitative estimate of drug-likeness (QED) is 0.522.